The number of hydrazone groups is 1. The maximum absolute atomic E-state index is 12.6. The number of fused-ring (bicyclic) bond motifs is 3. The van der Waals surface area contributed by atoms with Gasteiger partial charge in [0, 0.05) is 16.3 Å². The summed E-state index contributed by atoms with van der Waals surface area (Å²) in [5, 5.41) is 6.08. The molecule has 7 nitrogen and oxygen atoms in total. The number of H-pyrrole nitrogens is 1. The first-order valence-corrected chi connectivity index (χ1v) is 10.8. The second-order valence-corrected chi connectivity index (χ2v) is 7.69. The van der Waals surface area contributed by atoms with Crippen LogP contribution in [0.3, 0.4) is 0 Å². The second-order valence-electron chi connectivity index (χ2n) is 7.69. The smallest absolute Gasteiger partial charge is 0.289 e. The van der Waals surface area contributed by atoms with Crippen molar-refractivity contribution in [2.24, 2.45) is 5.10 Å². The number of carbonyl (C=O) groups is 1. The summed E-state index contributed by atoms with van der Waals surface area (Å²) in [5.74, 6) is 1.13. The summed E-state index contributed by atoms with van der Waals surface area (Å²) in [6.07, 6.45) is 3.24. The maximum Gasteiger partial charge on any atom is 0.289 e. The summed E-state index contributed by atoms with van der Waals surface area (Å²) >= 11 is 0. The predicted molar refractivity (Wildman–Crippen MR) is 132 cm³/mol. The van der Waals surface area contributed by atoms with Crippen LogP contribution in [0.4, 0.5) is 0 Å². The van der Waals surface area contributed by atoms with Crippen LogP contribution >= 0.6 is 0 Å². The topological polar surface area (TPSA) is 88.6 Å². The number of methoxy groups -OCH3 is 1. The average Bonchev–Trinajstić information content (AvgIpc) is 3.26. The number of aromatic amines is 1. The van der Waals surface area contributed by atoms with E-state index < -0.39 is 0 Å². The number of nitrogens with one attached hydrogen (secondary N) is 2. The van der Waals surface area contributed by atoms with Gasteiger partial charge in [-0.05, 0) is 47.5 Å². The molecule has 0 atom stereocenters. The molecular weight excluding hydrogens is 428 g/mol. The summed E-state index contributed by atoms with van der Waals surface area (Å²) in [6, 6.07) is 24.9. The van der Waals surface area contributed by atoms with E-state index in [9.17, 15) is 4.79 Å². The summed E-state index contributed by atoms with van der Waals surface area (Å²) in [6.45, 7) is 0.434. The van der Waals surface area contributed by atoms with Crippen LogP contribution in [0.15, 0.2) is 90.2 Å². The van der Waals surface area contributed by atoms with E-state index in [4.69, 9.17) is 9.47 Å². The molecule has 7 heteroatoms. The van der Waals surface area contributed by atoms with Crippen molar-refractivity contribution in [2.75, 3.05) is 7.11 Å². The molecule has 0 aliphatic rings. The zero-order valence-corrected chi connectivity index (χ0v) is 18.5. The minimum atomic E-state index is -0.379. The number of nitrogens with zero attached hydrogens (tertiary/aromatic N) is 2. The highest BCUT2D eigenvalue weighted by Crippen LogP contribution is 2.25. The SMILES string of the molecule is COc1ccc(COc2cccc(/C=N/NC(=O)c3cc4c(cn3)[nH]c3ccccc34)c2)cc1. The number of hydrogen-bond donors (Lipinski definition) is 2. The summed E-state index contributed by atoms with van der Waals surface area (Å²) in [4.78, 5) is 20.1. The lowest BCUT2D eigenvalue weighted by atomic mass is 10.1. The lowest BCUT2D eigenvalue weighted by Crippen LogP contribution is -2.18. The summed E-state index contributed by atoms with van der Waals surface area (Å²) in [5.41, 5.74) is 6.56. The lowest BCUT2D eigenvalue weighted by molar-refractivity contribution is 0.0950. The molecule has 0 bridgehead atoms. The minimum Gasteiger partial charge on any atom is -0.497 e. The molecule has 0 fully saturated rings. The molecule has 0 saturated heterocycles. The molecule has 0 aliphatic carbocycles. The number of benzene rings is 3. The van der Waals surface area contributed by atoms with Gasteiger partial charge in [0.05, 0.1) is 25.0 Å². The number of aromatic nitrogens is 2. The van der Waals surface area contributed by atoms with E-state index in [-0.39, 0.29) is 5.91 Å². The Balaban J connectivity index is 1.23. The Hall–Kier alpha value is -4.65. The number of para-hydroxylation sites is 1. The largest absolute Gasteiger partial charge is 0.497 e. The number of ether oxygens (including phenoxy) is 2. The number of amides is 1. The van der Waals surface area contributed by atoms with Crippen molar-refractivity contribution in [3.05, 3.63) is 102 Å². The molecule has 34 heavy (non-hydrogen) atoms. The van der Waals surface area contributed by atoms with Crippen molar-refractivity contribution in [3.8, 4) is 11.5 Å². The number of pyridine rings is 1. The fraction of sp³-hybridized carbons (Fsp3) is 0.0741. The van der Waals surface area contributed by atoms with Crippen LogP contribution in [0.25, 0.3) is 21.8 Å². The van der Waals surface area contributed by atoms with Crippen molar-refractivity contribution in [1.29, 1.82) is 0 Å². The lowest BCUT2D eigenvalue weighted by Gasteiger charge is -2.07. The van der Waals surface area contributed by atoms with Gasteiger partial charge in [0.25, 0.3) is 5.91 Å². The first kappa shape index (κ1) is 21.2. The van der Waals surface area contributed by atoms with Crippen molar-refractivity contribution in [1.82, 2.24) is 15.4 Å². The molecule has 1 amide bonds. The summed E-state index contributed by atoms with van der Waals surface area (Å²) < 4.78 is 11.0. The van der Waals surface area contributed by atoms with Crippen LogP contribution in [0.2, 0.25) is 0 Å². The van der Waals surface area contributed by atoms with E-state index in [2.05, 4.69) is 20.5 Å². The van der Waals surface area contributed by atoms with Gasteiger partial charge in [0.15, 0.2) is 0 Å². The molecule has 2 aromatic heterocycles. The minimum absolute atomic E-state index is 0.297. The molecule has 0 unspecified atom stereocenters. The quantitative estimate of drug-likeness (QED) is 0.268. The molecule has 0 spiro atoms. The molecule has 0 aliphatic heterocycles. The van der Waals surface area contributed by atoms with E-state index in [1.165, 1.54) is 0 Å². The highest BCUT2D eigenvalue weighted by molar-refractivity contribution is 6.09. The Bertz CT molecular complexity index is 1490. The van der Waals surface area contributed by atoms with Crippen molar-refractivity contribution >= 4 is 33.9 Å². The van der Waals surface area contributed by atoms with Crippen LogP contribution in [0.5, 0.6) is 11.5 Å². The van der Waals surface area contributed by atoms with Crippen LogP contribution in [0, 0.1) is 0 Å². The van der Waals surface area contributed by atoms with Gasteiger partial charge < -0.3 is 14.5 Å². The second kappa shape index (κ2) is 9.46. The third kappa shape index (κ3) is 4.59. The molecule has 3 aromatic carbocycles. The molecule has 0 radical (unpaired) electrons. The van der Waals surface area contributed by atoms with E-state index >= 15 is 0 Å². The Labute approximate surface area is 196 Å². The molecule has 0 saturated carbocycles. The van der Waals surface area contributed by atoms with Gasteiger partial charge in [0.1, 0.15) is 23.8 Å². The first-order valence-electron chi connectivity index (χ1n) is 10.8. The van der Waals surface area contributed by atoms with E-state index in [1.54, 1.807) is 25.6 Å². The van der Waals surface area contributed by atoms with Crippen molar-refractivity contribution < 1.29 is 14.3 Å². The van der Waals surface area contributed by atoms with E-state index in [0.717, 1.165) is 38.7 Å². The number of hydrogen-bond acceptors (Lipinski definition) is 5. The molecule has 5 rings (SSSR count). The van der Waals surface area contributed by atoms with Crippen molar-refractivity contribution in [3.63, 3.8) is 0 Å². The van der Waals surface area contributed by atoms with Gasteiger partial charge in [-0.15, -0.1) is 0 Å². The monoisotopic (exact) mass is 450 g/mol. The number of rotatable bonds is 7. The first-order chi connectivity index (χ1) is 16.7. The standard InChI is InChI=1S/C27H22N4O3/c1-33-20-11-9-18(10-12-20)17-34-21-6-4-5-19(13-21)15-29-31-27(32)25-14-23-22-7-2-3-8-24(22)30-26(23)16-28-25/h2-16,30H,17H2,1H3,(H,31,32)/b29-15+. The number of carbonyl (C=O) groups excluding carboxylic acids is 1. The Morgan fingerprint density at radius 1 is 0.971 bits per heavy atom. The zero-order chi connectivity index (χ0) is 23.3. The van der Waals surface area contributed by atoms with Gasteiger partial charge in [-0.1, -0.05) is 42.5 Å². The maximum atomic E-state index is 12.6. The average molecular weight is 450 g/mol. The normalized spacial score (nSPS) is 11.2. The van der Waals surface area contributed by atoms with Gasteiger partial charge in [-0.3, -0.25) is 4.79 Å². The fourth-order valence-electron chi connectivity index (χ4n) is 3.67. The molecular formula is C27H22N4O3. The third-order valence-electron chi connectivity index (χ3n) is 5.43. The van der Waals surface area contributed by atoms with Gasteiger partial charge in [0.2, 0.25) is 0 Å². The highest BCUT2D eigenvalue weighted by atomic mass is 16.5. The van der Waals surface area contributed by atoms with Crippen LogP contribution in [0.1, 0.15) is 21.6 Å². The van der Waals surface area contributed by atoms with Crippen LogP contribution in [-0.2, 0) is 6.61 Å². The molecule has 2 heterocycles. The molecule has 5 aromatic rings. The third-order valence-corrected chi connectivity index (χ3v) is 5.43. The van der Waals surface area contributed by atoms with Crippen molar-refractivity contribution in [2.45, 2.75) is 6.61 Å². The zero-order valence-electron chi connectivity index (χ0n) is 18.5. The van der Waals surface area contributed by atoms with Crippen LogP contribution < -0.4 is 14.9 Å². The van der Waals surface area contributed by atoms with E-state index in [0.29, 0.717) is 18.1 Å². The van der Waals surface area contributed by atoms with Gasteiger partial charge >= 0.3 is 0 Å². The van der Waals surface area contributed by atoms with Gasteiger partial charge in [-0.2, -0.15) is 5.10 Å². The Morgan fingerprint density at radius 3 is 2.68 bits per heavy atom. The Morgan fingerprint density at radius 2 is 1.82 bits per heavy atom. The Kier molecular flexibility index (Phi) is 5.90. The fourth-order valence-corrected chi connectivity index (χ4v) is 3.67. The molecule has 2 N–H and O–H groups in total. The molecule has 168 valence electrons. The summed E-state index contributed by atoms with van der Waals surface area (Å²) in [7, 11) is 1.64. The van der Waals surface area contributed by atoms with E-state index in [1.807, 2.05) is 72.8 Å². The van der Waals surface area contributed by atoms with Gasteiger partial charge in [-0.25, -0.2) is 10.4 Å². The highest BCUT2D eigenvalue weighted by Gasteiger charge is 2.10. The van der Waals surface area contributed by atoms with Crippen LogP contribution in [-0.4, -0.2) is 29.2 Å². The predicted octanol–water partition coefficient (Wildman–Crippen LogP) is 5.07.